The van der Waals surface area contributed by atoms with Gasteiger partial charge in [-0.2, -0.15) is 13.2 Å². The number of allylic oxidation sites excluding steroid dienone is 2. The standard InChI is InChI=1S/C20H20F3N3O2/c1-12-7-17-15(19(12)20(21,22)23)8-13(9-24-17)16-3-2-4-18(25-16)26-5-6-28-11-14(26)10-27/h2-4,8-9,14,27H,5-7,10-11H2,1H3. The quantitative estimate of drug-likeness (QED) is 0.871. The van der Waals surface area contributed by atoms with Gasteiger partial charge in [0.05, 0.1) is 42.8 Å². The van der Waals surface area contributed by atoms with E-state index in [0.29, 0.717) is 42.5 Å². The number of hydrogen-bond acceptors (Lipinski definition) is 5. The van der Waals surface area contributed by atoms with Crippen molar-refractivity contribution in [3.63, 3.8) is 0 Å². The molecule has 1 atom stereocenters. The van der Waals surface area contributed by atoms with E-state index in [1.54, 1.807) is 18.3 Å². The van der Waals surface area contributed by atoms with Gasteiger partial charge in [0.15, 0.2) is 0 Å². The first-order chi connectivity index (χ1) is 13.4. The van der Waals surface area contributed by atoms with Crippen molar-refractivity contribution in [1.82, 2.24) is 9.97 Å². The number of rotatable bonds is 3. The van der Waals surface area contributed by atoms with Crippen LogP contribution in [0.1, 0.15) is 18.2 Å². The summed E-state index contributed by atoms with van der Waals surface area (Å²) < 4.78 is 45.8. The van der Waals surface area contributed by atoms with Crippen LogP contribution in [0.3, 0.4) is 0 Å². The van der Waals surface area contributed by atoms with Crippen LogP contribution in [0.2, 0.25) is 0 Å². The highest BCUT2D eigenvalue weighted by atomic mass is 19.4. The lowest BCUT2D eigenvalue weighted by atomic mass is 10.0. The third kappa shape index (κ3) is 3.38. The van der Waals surface area contributed by atoms with E-state index in [9.17, 15) is 18.3 Å². The molecule has 28 heavy (non-hydrogen) atoms. The summed E-state index contributed by atoms with van der Waals surface area (Å²) >= 11 is 0. The van der Waals surface area contributed by atoms with Crippen molar-refractivity contribution >= 4 is 11.4 Å². The zero-order valence-corrected chi connectivity index (χ0v) is 15.3. The largest absolute Gasteiger partial charge is 0.417 e. The topological polar surface area (TPSA) is 58.5 Å². The van der Waals surface area contributed by atoms with Crippen molar-refractivity contribution in [2.45, 2.75) is 25.6 Å². The van der Waals surface area contributed by atoms with E-state index in [0.717, 1.165) is 0 Å². The predicted molar refractivity (Wildman–Crippen MR) is 98.9 cm³/mol. The molecule has 5 nitrogen and oxygen atoms in total. The van der Waals surface area contributed by atoms with E-state index in [2.05, 4.69) is 9.97 Å². The molecule has 0 aromatic carbocycles. The van der Waals surface area contributed by atoms with Gasteiger partial charge in [-0.05, 0) is 25.1 Å². The summed E-state index contributed by atoms with van der Waals surface area (Å²) in [6, 6.07) is 6.71. The van der Waals surface area contributed by atoms with E-state index < -0.39 is 11.7 Å². The first-order valence-corrected chi connectivity index (χ1v) is 9.07. The van der Waals surface area contributed by atoms with Crippen LogP contribution in [0.15, 0.2) is 36.0 Å². The fourth-order valence-corrected chi connectivity index (χ4v) is 3.81. The number of aliphatic hydroxyl groups is 1. The van der Waals surface area contributed by atoms with Gasteiger partial charge >= 0.3 is 6.18 Å². The van der Waals surface area contributed by atoms with Crippen LogP contribution in [0.25, 0.3) is 16.8 Å². The second-order valence-corrected chi connectivity index (χ2v) is 7.03. The van der Waals surface area contributed by atoms with Gasteiger partial charge in [-0.25, -0.2) is 4.98 Å². The van der Waals surface area contributed by atoms with Crippen molar-refractivity contribution in [2.75, 3.05) is 31.3 Å². The number of anilines is 1. The maximum absolute atomic E-state index is 13.5. The van der Waals surface area contributed by atoms with Crippen LogP contribution < -0.4 is 4.90 Å². The minimum Gasteiger partial charge on any atom is -0.394 e. The number of fused-ring (bicyclic) bond motifs is 1. The first-order valence-electron chi connectivity index (χ1n) is 9.07. The van der Waals surface area contributed by atoms with Gasteiger partial charge in [0.1, 0.15) is 5.82 Å². The minimum atomic E-state index is -4.41. The number of morpholine rings is 1. The first kappa shape index (κ1) is 18.9. The molecule has 1 N–H and O–H groups in total. The van der Waals surface area contributed by atoms with Crippen molar-refractivity contribution in [3.8, 4) is 11.3 Å². The Kier molecular flexibility index (Phi) is 4.84. The van der Waals surface area contributed by atoms with Gasteiger partial charge in [0.2, 0.25) is 0 Å². The zero-order chi connectivity index (χ0) is 19.9. The van der Waals surface area contributed by atoms with E-state index in [-0.39, 0.29) is 30.2 Å². The molecule has 2 aromatic rings. The second kappa shape index (κ2) is 7.18. The molecule has 1 saturated heterocycles. The highest BCUT2D eigenvalue weighted by Gasteiger charge is 2.40. The van der Waals surface area contributed by atoms with Crippen LogP contribution >= 0.6 is 0 Å². The summed E-state index contributed by atoms with van der Waals surface area (Å²) in [5.41, 5.74) is 1.34. The molecule has 1 aliphatic carbocycles. The monoisotopic (exact) mass is 391 g/mol. The molecule has 3 heterocycles. The summed E-state index contributed by atoms with van der Waals surface area (Å²) in [7, 11) is 0. The highest BCUT2D eigenvalue weighted by molar-refractivity contribution is 5.80. The zero-order valence-electron chi connectivity index (χ0n) is 15.3. The Morgan fingerprint density at radius 2 is 2.14 bits per heavy atom. The smallest absolute Gasteiger partial charge is 0.394 e. The van der Waals surface area contributed by atoms with Gasteiger partial charge in [-0.15, -0.1) is 0 Å². The lowest BCUT2D eigenvalue weighted by Gasteiger charge is -2.35. The third-order valence-corrected chi connectivity index (χ3v) is 5.15. The van der Waals surface area contributed by atoms with Crippen molar-refractivity contribution < 1.29 is 23.0 Å². The Labute approximate surface area is 160 Å². The minimum absolute atomic E-state index is 0.0642. The molecule has 1 fully saturated rings. The molecule has 0 amide bonds. The van der Waals surface area contributed by atoms with Crippen molar-refractivity contribution in [2.24, 2.45) is 0 Å². The average Bonchev–Trinajstić information content (AvgIpc) is 3.03. The molecule has 2 aliphatic rings. The number of nitrogens with zero attached hydrogens (tertiary/aromatic N) is 3. The van der Waals surface area contributed by atoms with Crippen molar-refractivity contribution in [3.05, 3.63) is 47.3 Å². The molecule has 148 valence electrons. The Morgan fingerprint density at radius 3 is 2.89 bits per heavy atom. The molecular weight excluding hydrogens is 371 g/mol. The molecule has 1 unspecified atom stereocenters. The molecule has 0 saturated carbocycles. The van der Waals surface area contributed by atoms with Crippen molar-refractivity contribution in [1.29, 1.82) is 0 Å². The number of aliphatic hydroxyl groups excluding tert-OH is 1. The van der Waals surface area contributed by atoms with Gasteiger partial charge in [-0.3, -0.25) is 4.98 Å². The molecule has 1 aliphatic heterocycles. The SMILES string of the molecule is CC1=C(C(F)(F)F)c2cc(-c3cccc(N4CCOCC4CO)n3)cnc2C1. The summed E-state index contributed by atoms with van der Waals surface area (Å²) in [4.78, 5) is 10.8. The fourth-order valence-electron chi connectivity index (χ4n) is 3.81. The van der Waals surface area contributed by atoms with Crippen LogP contribution in [-0.2, 0) is 11.2 Å². The molecular formula is C20H20F3N3O2. The Morgan fingerprint density at radius 1 is 1.32 bits per heavy atom. The van der Waals surface area contributed by atoms with Crippen LogP contribution in [0.4, 0.5) is 19.0 Å². The molecule has 2 aromatic heterocycles. The number of hydrogen-bond donors (Lipinski definition) is 1. The van der Waals surface area contributed by atoms with E-state index in [4.69, 9.17) is 4.74 Å². The number of aromatic nitrogens is 2. The van der Waals surface area contributed by atoms with E-state index >= 15 is 0 Å². The fraction of sp³-hybridized carbons (Fsp3) is 0.400. The highest BCUT2D eigenvalue weighted by Crippen LogP contribution is 2.43. The van der Waals surface area contributed by atoms with Crippen LogP contribution in [0, 0.1) is 0 Å². The van der Waals surface area contributed by atoms with Gasteiger partial charge in [0.25, 0.3) is 0 Å². The van der Waals surface area contributed by atoms with Gasteiger partial charge in [-0.1, -0.05) is 11.6 Å². The summed E-state index contributed by atoms with van der Waals surface area (Å²) in [6.45, 7) is 2.95. The van der Waals surface area contributed by atoms with E-state index in [1.165, 1.54) is 13.0 Å². The predicted octanol–water partition coefficient (Wildman–Crippen LogP) is 3.23. The normalized spacial score (nSPS) is 19.9. The molecule has 8 heteroatoms. The lowest BCUT2D eigenvalue weighted by molar-refractivity contribution is -0.0691. The number of pyridine rings is 2. The third-order valence-electron chi connectivity index (χ3n) is 5.15. The average molecular weight is 391 g/mol. The summed E-state index contributed by atoms with van der Waals surface area (Å²) in [5.74, 6) is 0.656. The second-order valence-electron chi connectivity index (χ2n) is 7.03. The Hall–Kier alpha value is -2.45. The number of ether oxygens (including phenoxy) is 1. The molecule has 0 radical (unpaired) electrons. The van der Waals surface area contributed by atoms with Gasteiger partial charge in [0, 0.05) is 30.3 Å². The number of halogens is 3. The Balaban J connectivity index is 1.71. The van der Waals surface area contributed by atoms with Crippen LogP contribution in [0.5, 0.6) is 0 Å². The summed E-state index contributed by atoms with van der Waals surface area (Å²) in [6.07, 6.45) is -2.63. The number of alkyl halides is 3. The van der Waals surface area contributed by atoms with Crippen LogP contribution in [-0.4, -0.2) is 53.7 Å². The summed E-state index contributed by atoms with van der Waals surface area (Å²) in [5, 5.41) is 9.57. The molecule has 0 bridgehead atoms. The lowest BCUT2D eigenvalue weighted by Crippen LogP contribution is -2.48. The molecule has 4 rings (SSSR count). The van der Waals surface area contributed by atoms with E-state index in [1.807, 2.05) is 11.0 Å². The molecule has 0 spiro atoms. The maximum atomic E-state index is 13.5. The maximum Gasteiger partial charge on any atom is 0.417 e. The Bertz CT molecular complexity index is 927. The van der Waals surface area contributed by atoms with Gasteiger partial charge < -0.3 is 14.7 Å².